The van der Waals surface area contributed by atoms with E-state index in [1.54, 1.807) is 0 Å². The fraction of sp³-hybridized carbons (Fsp3) is 0.143. The quantitative estimate of drug-likeness (QED) is 0.428. The monoisotopic (exact) mass is 285 g/mol. The molecule has 0 saturated carbocycles. The number of rotatable bonds is 1. The van der Waals surface area contributed by atoms with Crippen molar-refractivity contribution in [2.45, 2.75) is 13.8 Å². The molecule has 0 bridgehead atoms. The maximum atomic E-state index is 2.30. The minimum atomic E-state index is 1.29. The third-order valence-corrected chi connectivity index (χ3v) is 4.70. The second kappa shape index (κ2) is 4.74. The van der Waals surface area contributed by atoms with Crippen LogP contribution in [0.15, 0.2) is 60.7 Å². The molecule has 0 N–H and O–H groups in total. The van der Waals surface area contributed by atoms with Crippen LogP contribution in [0.1, 0.15) is 11.1 Å². The lowest BCUT2D eigenvalue weighted by Crippen LogP contribution is -1.90. The lowest BCUT2D eigenvalue weighted by molar-refractivity contribution is 1.01. The molecule has 1 heteroatoms. The second-order valence-electron chi connectivity index (χ2n) is 6.04. The normalized spacial score (nSPS) is 11.4. The lowest BCUT2D eigenvalue weighted by Gasteiger charge is -2.12. The molecule has 108 valence electrons. The van der Waals surface area contributed by atoms with Crippen molar-refractivity contribution in [3.8, 4) is 11.1 Å². The van der Waals surface area contributed by atoms with E-state index in [0.717, 1.165) is 0 Å². The molecule has 0 fully saturated rings. The fourth-order valence-corrected chi connectivity index (χ4v) is 3.56. The van der Waals surface area contributed by atoms with Gasteiger partial charge in [0.1, 0.15) is 0 Å². The van der Waals surface area contributed by atoms with Crippen LogP contribution in [0, 0.1) is 13.8 Å². The molecule has 4 rings (SSSR count). The average molecular weight is 285 g/mol. The van der Waals surface area contributed by atoms with Crippen LogP contribution in [-0.4, -0.2) is 4.57 Å². The van der Waals surface area contributed by atoms with E-state index < -0.39 is 0 Å². The van der Waals surface area contributed by atoms with E-state index in [9.17, 15) is 0 Å². The highest BCUT2D eigenvalue weighted by Gasteiger charge is 2.15. The largest absolute Gasteiger partial charge is 0.344 e. The summed E-state index contributed by atoms with van der Waals surface area (Å²) in [5, 5.41) is 2.70. The van der Waals surface area contributed by atoms with Gasteiger partial charge in [-0.3, -0.25) is 0 Å². The van der Waals surface area contributed by atoms with Gasteiger partial charge in [0.2, 0.25) is 0 Å². The minimum Gasteiger partial charge on any atom is -0.344 e. The highest BCUT2D eigenvalue weighted by molar-refractivity contribution is 6.15. The summed E-state index contributed by atoms with van der Waals surface area (Å²) in [5.74, 6) is 0. The summed E-state index contributed by atoms with van der Waals surface area (Å²) in [4.78, 5) is 0. The molecule has 0 unspecified atom stereocenters. The first-order chi connectivity index (χ1) is 10.7. The molecule has 0 spiro atoms. The maximum absolute atomic E-state index is 2.30. The number of hydrogen-bond acceptors (Lipinski definition) is 0. The number of hydrogen-bond donors (Lipinski definition) is 0. The molecular weight excluding hydrogens is 266 g/mol. The molecule has 22 heavy (non-hydrogen) atoms. The van der Waals surface area contributed by atoms with Gasteiger partial charge < -0.3 is 4.57 Å². The first-order valence-corrected chi connectivity index (χ1v) is 7.71. The summed E-state index contributed by atoms with van der Waals surface area (Å²) in [6.45, 7) is 4.40. The van der Waals surface area contributed by atoms with Crippen LogP contribution in [0.4, 0.5) is 0 Å². The van der Waals surface area contributed by atoms with Crippen LogP contribution in [-0.2, 0) is 7.05 Å². The van der Waals surface area contributed by atoms with Crippen LogP contribution in [0.2, 0.25) is 0 Å². The first-order valence-electron chi connectivity index (χ1n) is 7.71. The number of benzene rings is 3. The minimum absolute atomic E-state index is 1.29. The molecule has 1 aromatic heterocycles. The van der Waals surface area contributed by atoms with Crippen molar-refractivity contribution < 1.29 is 0 Å². The number of fused-ring (bicyclic) bond motifs is 3. The molecule has 0 aliphatic carbocycles. The SMILES string of the molecule is Cc1ccccc1-c1c(C)ccc2c1c1ccccc1n2C. The standard InChI is InChI=1S/C21H19N/c1-14-8-4-5-9-16(14)20-15(2)12-13-19-21(20)17-10-6-7-11-18(17)22(19)3/h4-13H,1-3H3. The van der Waals surface area contributed by atoms with Gasteiger partial charge in [-0.05, 0) is 48.2 Å². The summed E-state index contributed by atoms with van der Waals surface area (Å²) >= 11 is 0. The van der Waals surface area contributed by atoms with Crippen molar-refractivity contribution in [2.75, 3.05) is 0 Å². The van der Waals surface area contributed by atoms with Crippen LogP contribution in [0.3, 0.4) is 0 Å². The van der Waals surface area contributed by atoms with Gasteiger partial charge in [0.25, 0.3) is 0 Å². The van der Waals surface area contributed by atoms with Gasteiger partial charge in [-0.25, -0.2) is 0 Å². The van der Waals surface area contributed by atoms with E-state index in [-0.39, 0.29) is 0 Å². The van der Waals surface area contributed by atoms with Crippen molar-refractivity contribution in [1.82, 2.24) is 4.57 Å². The van der Waals surface area contributed by atoms with Crippen LogP contribution in [0.25, 0.3) is 32.9 Å². The second-order valence-corrected chi connectivity index (χ2v) is 6.04. The van der Waals surface area contributed by atoms with E-state index >= 15 is 0 Å². The van der Waals surface area contributed by atoms with E-state index in [2.05, 4.69) is 86.1 Å². The maximum Gasteiger partial charge on any atom is 0.0495 e. The molecule has 0 radical (unpaired) electrons. The lowest BCUT2D eigenvalue weighted by atomic mass is 9.92. The van der Waals surface area contributed by atoms with Crippen LogP contribution < -0.4 is 0 Å². The van der Waals surface area contributed by atoms with Crippen LogP contribution >= 0.6 is 0 Å². The Labute approximate surface area is 130 Å². The molecule has 0 aliphatic rings. The summed E-state index contributed by atoms with van der Waals surface area (Å²) in [5.41, 5.74) is 7.95. The third-order valence-electron chi connectivity index (χ3n) is 4.70. The Hall–Kier alpha value is -2.54. The van der Waals surface area contributed by atoms with E-state index in [4.69, 9.17) is 0 Å². The van der Waals surface area contributed by atoms with Gasteiger partial charge in [-0.2, -0.15) is 0 Å². The zero-order valence-corrected chi connectivity index (χ0v) is 13.2. The fourth-order valence-electron chi connectivity index (χ4n) is 3.56. The van der Waals surface area contributed by atoms with Gasteiger partial charge in [0.05, 0.1) is 0 Å². The van der Waals surface area contributed by atoms with Gasteiger partial charge in [-0.15, -0.1) is 0 Å². The van der Waals surface area contributed by atoms with Gasteiger partial charge in [0.15, 0.2) is 0 Å². The smallest absolute Gasteiger partial charge is 0.0495 e. The van der Waals surface area contributed by atoms with Gasteiger partial charge in [0, 0.05) is 28.9 Å². The zero-order valence-electron chi connectivity index (χ0n) is 13.2. The Balaban J connectivity index is 2.26. The highest BCUT2D eigenvalue weighted by atomic mass is 14.9. The number of para-hydroxylation sites is 1. The molecule has 0 saturated heterocycles. The molecule has 0 aliphatic heterocycles. The van der Waals surface area contributed by atoms with Crippen molar-refractivity contribution >= 4 is 21.8 Å². The molecule has 3 aromatic carbocycles. The Morgan fingerprint density at radius 1 is 0.682 bits per heavy atom. The van der Waals surface area contributed by atoms with Crippen molar-refractivity contribution in [3.63, 3.8) is 0 Å². The van der Waals surface area contributed by atoms with Crippen molar-refractivity contribution in [3.05, 3.63) is 71.8 Å². The van der Waals surface area contributed by atoms with E-state index in [1.807, 2.05) is 0 Å². The highest BCUT2D eigenvalue weighted by Crippen LogP contribution is 2.39. The summed E-state index contributed by atoms with van der Waals surface area (Å²) in [6.07, 6.45) is 0. The molecule has 4 aromatic rings. The van der Waals surface area contributed by atoms with E-state index in [0.29, 0.717) is 0 Å². The third kappa shape index (κ3) is 1.72. The number of aromatic nitrogens is 1. The topological polar surface area (TPSA) is 4.93 Å². The Morgan fingerprint density at radius 2 is 1.41 bits per heavy atom. The first kappa shape index (κ1) is 13.1. The average Bonchev–Trinajstić information content (AvgIpc) is 2.82. The molecule has 0 atom stereocenters. The van der Waals surface area contributed by atoms with Crippen molar-refractivity contribution in [1.29, 1.82) is 0 Å². The molecule has 1 heterocycles. The predicted octanol–water partition coefficient (Wildman–Crippen LogP) is 5.62. The molecule has 1 nitrogen and oxygen atoms in total. The summed E-state index contributed by atoms with van der Waals surface area (Å²) < 4.78 is 2.30. The van der Waals surface area contributed by atoms with Gasteiger partial charge >= 0.3 is 0 Å². The van der Waals surface area contributed by atoms with E-state index in [1.165, 1.54) is 44.1 Å². The zero-order chi connectivity index (χ0) is 15.3. The molecular formula is C21H19N. The summed E-state index contributed by atoms with van der Waals surface area (Å²) in [6, 6.07) is 21.8. The van der Waals surface area contributed by atoms with Crippen molar-refractivity contribution in [2.24, 2.45) is 7.05 Å². The van der Waals surface area contributed by atoms with Gasteiger partial charge in [-0.1, -0.05) is 48.5 Å². The predicted molar refractivity (Wildman–Crippen MR) is 95.3 cm³/mol. The van der Waals surface area contributed by atoms with Crippen LogP contribution in [0.5, 0.6) is 0 Å². The Kier molecular flexibility index (Phi) is 2.83. The summed E-state index contributed by atoms with van der Waals surface area (Å²) in [7, 11) is 2.15. The Morgan fingerprint density at radius 3 is 2.23 bits per heavy atom. The number of nitrogens with zero attached hydrogens (tertiary/aromatic N) is 1. The number of aryl methyl sites for hydroxylation is 3. The molecule has 0 amide bonds. The Bertz CT molecular complexity index is 1010.